The van der Waals surface area contributed by atoms with Crippen molar-refractivity contribution in [3.63, 3.8) is 0 Å². The molecule has 1 aliphatic rings. The molecule has 106 valence electrons. The second-order valence-electron chi connectivity index (χ2n) is 6.33. The molecule has 19 heavy (non-hydrogen) atoms. The fourth-order valence-electron chi connectivity index (χ4n) is 2.42. The van der Waals surface area contributed by atoms with Gasteiger partial charge in [-0.1, -0.05) is 13.8 Å². The summed E-state index contributed by atoms with van der Waals surface area (Å²) in [7, 11) is 0. The first-order valence-electron chi connectivity index (χ1n) is 6.67. The van der Waals surface area contributed by atoms with E-state index in [1.54, 1.807) is 6.20 Å². The van der Waals surface area contributed by atoms with Crippen molar-refractivity contribution in [3.05, 3.63) is 16.7 Å². The molecule has 4 nitrogen and oxygen atoms in total. The van der Waals surface area contributed by atoms with Crippen LogP contribution in [-0.4, -0.2) is 22.2 Å². The number of halogens is 1. The third-order valence-electron chi connectivity index (χ3n) is 4.00. The van der Waals surface area contributed by atoms with Gasteiger partial charge < -0.3 is 16.2 Å². The zero-order valence-corrected chi connectivity index (χ0v) is 13.1. The molecule has 4 N–H and O–H groups in total. The van der Waals surface area contributed by atoms with Crippen LogP contribution in [0.3, 0.4) is 0 Å². The van der Waals surface area contributed by atoms with Gasteiger partial charge >= 0.3 is 0 Å². The van der Waals surface area contributed by atoms with Crippen LogP contribution in [0.4, 0.5) is 11.5 Å². The van der Waals surface area contributed by atoms with Gasteiger partial charge in [0.25, 0.3) is 0 Å². The normalized spacial score (nSPS) is 21.1. The second-order valence-corrected chi connectivity index (χ2v) is 7.25. The highest BCUT2D eigenvalue weighted by Gasteiger charge is 2.36. The highest BCUT2D eigenvalue weighted by Crippen LogP contribution is 2.40. The molecule has 0 saturated heterocycles. The summed E-state index contributed by atoms with van der Waals surface area (Å²) < 4.78 is 0.855. The first kappa shape index (κ1) is 14.6. The van der Waals surface area contributed by atoms with Gasteiger partial charge in [-0.25, -0.2) is 4.98 Å². The lowest BCUT2D eigenvalue weighted by molar-refractivity contribution is -0.0145. The zero-order valence-electron chi connectivity index (χ0n) is 11.5. The second kappa shape index (κ2) is 5.29. The number of aliphatic hydroxyl groups is 1. The number of pyridine rings is 1. The number of aromatic nitrogens is 1. The molecule has 1 aliphatic carbocycles. The number of nitrogen functional groups attached to an aromatic ring is 1. The zero-order chi connectivity index (χ0) is 14.1. The highest BCUT2D eigenvalue weighted by atomic mass is 79.9. The van der Waals surface area contributed by atoms with Crippen molar-refractivity contribution in [2.75, 3.05) is 17.6 Å². The third kappa shape index (κ3) is 3.83. The minimum atomic E-state index is -0.642. The van der Waals surface area contributed by atoms with Crippen molar-refractivity contribution >= 4 is 27.4 Å². The molecule has 1 heterocycles. The van der Waals surface area contributed by atoms with E-state index in [9.17, 15) is 5.11 Å². The van der Waals surface area contributed by atoms with Gasteiger partial charge in [0.05, 0.1) is 11.3 Å². The summed E-state index contributed by atoms with van der Waals surface area (Å²) in [6, 6.07) is 1.81. The highest BCUT2D eigenvalue weighted by molar-refractivity contribution is 9.10. The molecule has 0 amide bonds. The molecule has 0 spiro atoms. The van der Waals surface area contributed by atoms with Crippen LogP contribution in [0.2, 0.25) is 0 Å². The van der Waals surface area contributed by atoms with E-state index in [1.807, 2.05) is 6.07 Å². The molecule has 0 radical (unpaired) electrons. The van der Waals surface area contributed by atoms with Crippen LogP contribution >= 0.6 is 15.9 Å². The molecule has 1 saturated carbocycles. The van der Waals surface area contributed by atoms with Crippen molar-refractivity contribution in [3.8, 4) is 0 Å². The summed E-state index contributed by atoms with van der Waals surface area (Å²) in [6.45, 7) is 5.02. The molecule has 2 rings (SSSR count). The van der Waals surface area contributed by atoms with E-state index < -0.39 is 5.60 Å². The van der Waals surface area contributed by atoms with Gasteiger partial charge in [-0.05, 0) is 53.1 Å². The first-order valence-corrected chi connectivity index (χ1v) is 7.46. The smallest absolute Gasteiger partial charge is 0.149 e. The largest absolute Gasteiger partial charge is 0.396 e. The average molecular weight is 328 g/mol. The lowest BCUT2D eigenvalue weighted by Gasteiger charge is -2.40. The quantitative estimate of drug-likeness (QED) is 0.797. The van der Waals surface area contributed by atoms with E-state index in [4.69, 9.17) is 5.73 Å². The molecule has 0 aliphatic heterocycles. The Morgan fingerprint density at radius 1 is 1.37 bits per heavy atom. The molecule has 5 heteroatoms. The van der Waals surface area contributed by atoms with Gasteiger partial charge in [0, 0.05) is 17.2 Å². The van der Waals surface area contributed by atoms with Crippen molar-refractivity contribution in [1.29, 1.82) is 0 Å². The summed E-state index contributed by atoms with van der Waals surface area (Å²) in [6.07, 6.45) is 5.45. The van der Waals surface area contributed by atoms with Gasteiger partial charge in [0.1, 0.15) is 5.82 Å². The van der Waals surface area contributed by atoms with Crippen molar-refractivity contribution < 1.29 is 5.11 Å². The lowest BCUT2D eigenvalue weighted by Crippen LogP contribution is -2.42. The van der Waals surface area contributed by atoms with E-state index >= 15 is 0 Å². The van der Waals surface area contributed by atoms with E-state index in [2.05, 4.69) is 40.1 Å². The van der Waals surface area contributed by atoms with Gasteiger partial charge in [-0.2, -0.15) is 0 Å². The van der Waals surface area contributed by atoms with E-state index in [-0.39, 0.29) is 0 Å². The third-order valence-corrected chi connectivity index (χ3v) is 4.44. The van der Waals surface area contributed by atoms with E-state index in [1.165, 1.54) is 0 Å². The van der Waals surface area contributed by atoms with Crippen molar-refractivity contribution in [2.45, 2.75) is 45.1 Å². The number of nitrogens with zero attached hydrogens (tertiary/aromatic N) is 1. The number of anilines is 2. The molecule has 0 atom stereocenters. The SMILES string of the molecule is CC1(C)CCC(O)(CNc2ncc(Br)cc2N)CC1. The summed E-state index contributed by atoms with van der Waals surface area (Å²) >= 11 is 3.33. The fourth-order valence-corrected chi connectivity index (χ4v) is 2.77. The summed E-state index contributed by atoms with van der Waals surface area (Å²) in [5.41, 5.74) is 6.18. The molecular formula is C14H22BrN3O. The van der Waals surface area contributed by atoms with Crippen LogP contribution in [0.1, 0.15) is 39.5 Å². The van der Waals surface area contributed by atoms with Gasteiger partial charge in [-0.15, -0.1) is 0 Å². The minimum absolute atomic E-state index is 0.348. The molecule has 0 aromatic carbocycles. The molecular weight excluding hydrogens is 306 g/mol. The van der Waals surface area contributed by atoms with Crippen LogP contribution in [0, 0.1) is 5.41 Å². The molecule has 0 unspecified atom stereocenters. The Balaban J connectivity index is 1.95. The number of nitrogens with two attached hydrogens (primary N) is 1. The number of hydrogen-bond donors (Lipinski definition) is 3. The van der Waals surface area contributed by atoms with Gasteiger partial charge in [0.15, 0.2) is 0 Å². The predicted octanol–water partition coefficient (Wildman–Crippen LogP) is 3.17. The van der Waals surface area contributed by atoms with E-state index in [0.29, 0.717) is 23.5 Å². The number of hydrogen-bond acceptors (Lipinski definition) is 4. The fraction of sp³-hybridized carbons (Fsp3) is 0.643. The maximum absolute atomic E-state index is 10.6. The summed E-state index contributed by atoms with van der Waals surface area (Å²) in [5, 5.41) is 13.7. The van der Waals surface area contributed by atoms with Crippen LogP contribution in [0.25, 0.3) is 0 Å². The lowest BCUT2D eigenvalue weighted by atomic mass is 9.71. The maximum Gasteiger partial charge on any atom is 0.149 e. The van der Waals surface area contributed by atoms with Crippen LogP contribution in [-0.2, 0) is 0 Å². The van der Waals surface area contributed by atoms with Crippen molar-refractivity contribution in [1.82, 2.24) is 4.98 Å². The topological polar surface area (TPSA) is 71.2 Å². The van der Waals surface area contributed by atoms with Crippen molar-refractivity contribution in [2.24, 2.45) is 5.41 Å². The Morgan fingerprint density at radius 3 is 2.58 bits per heavy atom. The molecule has 1 fully saturated rings. The molecule has 1 aromatic rings. The number of rotatable bonds is 3. The average Bonchev–Trinajstić information content (AvgIpc) is 2.33. The number of nitrogens with one attached hydrogen (secondary N) is 1. The Kier molecular flexibility index (Phi) is 4.06. The summed E-state index contributed by atoms with van der Waals surface area (Å²) in [4.78, 5) is 4.23. The Labute approximate surface area is 122 Å². The predicted molar refractivity (Wildman–Crippen MR) is 82.0 cm³/mol. The molecule has 1 aromatic heterocycles. The Morgan fingerprint density at radius 2 is 2.00 bits per heavy atom. The summed E-state index contributed by atoms with van der Waals surface area (Å²) in [5.74, 6) is 0.640. The maximum atomic E-state index is 10.6. The monoisotopic (exact) mass is 327 g/mol. The minimum Gasteiger partial charge on any atom is -0.396 e. The standard InChI is InChI=1S/C14H22BrN3O/c1-13(2)3-5-14(19,6-4-13)9-18-12-11(16)7-10(15)8-17-12/h7-8,19H,3-6,9,16H2,1-2H3,(H,17,18). The van der Waals surface area contributed by atoms with Gasteiger partial charge in [0.2, 0.25) is 0 Å². The Hall–Kier alpha value is -0.810. The van der Waals surface area contributed by atoms with Crippen LogP contribution in [0.5, 0.6) is 0 Å². The van der Waals surface area contributed by atoms with Crippen LogP contribution < -0.4 is 11.1 Å². The van der Waals surface area contributed by atoms with Gasteiger partial charge in [-0.3, -0.25) is 0 Å². The van der Waals surface area contributed by atoms with Crippen LogP contribution in [0.15, 0.2) is 16.7 Å². The van der Waals surface area contributed by atoms with E-state index in [0.717, 1.165) is 30.2 Å². The Bertz CT molecular complexity index is 452. The molecule has 0 bridgehead atoms. The first-order chi connectivity index (χ1) is 8.80.